The molecule has 3 fully saturated rings. The van der Waals surface area contributed by atoms with Gasteiger partial charge in [-0.1, -0.05) is 53.5 Å². The number of hydrogen-bond acceptors (Lipinski definition) is 2. The largest absolute Gasteiger partial charge is 0.297 e. The van der Waals surface area contributed by atoms with Crippen LogP contribution in [0.25, 0.3) is 11.1 Å². The highest BCUT2D eigenvalue weighted by Gasteiger charge is 2.42. The lowest BCUT2D eigenvalue weighted by Crippen LogP contribution is -2.50. The summed E-state index contributed by atoms with van der Waals surface area (Å²) in [7, 11) is 0. The molecule has 0 saturated carbocycles. The van der Waals surface area contributed by atoms with Gasteiger partial charge in [0, 0.05) is 21.5 Å². The van der Waals surface area contributed by atoms with Crippen LogP contribution in [-0.4, -0.2) is 23.8 Å². The zero-order valence-electron chi connectivity index (χ0n) is 12.6. The highest BCUT2D eigenvalue weighted by atomic mass is 35.5. The van der Waals surface area contributed by atoms with Crippen LogP contribution in [-0.2, 0) is 4.79 Å². The van der Waals surface area contributed by atoms with Gasteiger partial charge in [-0.3, -0.25) is 9.69 Å². The van der Waals surface area contributed by atoms with Gasteiger partial charge in [0.2, 0.25) is 0 Å². The standard InChI is InChI=1S/C19H17Cl2NO/c20-13-5-6-15(17(21)11-13)14-3-1-2-4-16(14)18-19(23)12-7-9-22(18)10-8-12/h1-6,11-12,18H,7-10H2. The zero-order chi connectivity index (χ0) is 16.0. The lowest BCUT2D eigenvalue weighted by Gasteiger charge is -2.44. The average molecular weight is 346 g/mol. The Balaban J connectivity index is 1.83. The summed E-state index contributed by atoms with van der Waals surface area (Å²) in [5.74, 6) is 0.582. The molecule has 23 heavy (non-hydrogen) atoms. The second kappa shape index (κ2) is 5.94. The first-order valence-corrected chi connectivity index (χ1v) is 8.73. The van der Waals surface area contributed by atoms with Gasteiger partial charge >= 0.3 is 0 Å². The molecule has 4 heteroatoms. The van der Waals surface area contributed by atoms with Crippen molar-refractivity contribution in [1.82, 2.24) is 4.90 Å². The minimum atomic E-state index is -0.134. The Labute approximate surface area is 146 Å². The smallest absolute Gasteiger partial charge is 0.157 e. The fraction of sp³-hybridized carbons (Fsp3) is 0.316. The Morgan fingerprint density at radius 3 is 2.39 bits per heavy atom. The first-order valence-electron chi connectivity index (χ1n) is 7.97. The molecule has 3 heterocycles. The topological polar surface area (TPSA) is 20.3 Å². The SMILES string of the molecule is O=C1C2CCN(CC2)C1c1ccccc1-c1ccc(Cl)cc1Cl. The molecule has 2 nitrogen and oxygen atoms in total. The van der Waals surface area contributed by atoms with Gasteiger partial charge in [0.05, 0.1) is 6.04 Å². The molecule has 3 aliphatic rings. The van der Waals surface area contributed by atoms with E-state index in [9.17, 15) is 4.79 Å². The number of Topliss-reactive ketones (excluding diaryl/α,β-unsaturated/α-hetero) is 1. The molecule has 0 aromatic heterocycles. The Morgan fingerprint density at radius 1 is 0.957 bits per heavy atom. The van der Waals surface area contributed by atoms with Crippen molar-refractivity contribution in [2.75, 3.05) is 13.1 Å². The van der Waals surface area contributed by atoms with E-state index < -0.39 is 0 Å². The molecule has 3 aliphatic heterocycles. The summed E-state index contributed by atoms with van der Waals surface area (Å²) in [5.41, 5.74) is 3.02. The van der Waals surface area contributed by atoms with Crippen LogP contribution in [0, 0.1) is 5.92 Å². The highest BCUT2D eigenvalue weighted by Crippen LogP contribution is 2.42. The predicted octanol–water partition coefficient (Wildman–Crippen LogP) is 5.00. The van der Waals surface area contributed by atoms with E-state index in [1.54, 1.807) is 6.07 Å². The van der Waals surface area contributed by atoms with E-state index in [1.807, 2.05) is 30.3 Å². The summed E-state index contributed by atoms with van der Waals surface area (Å²) in [5, 5.41) is 1.24. The maximum atomic E-state index is 12.8. The summed E-state index contributed by atoms with van der Waals surface area (Å²) in [4.78, 5) is 15.1. The molecule has 0 spiro atoms. The number of nitrogens with zero attached hydrogens (tertiary/aromatic N) is 1. The van der Waals surface area contributed by atoms with E-state index in [-0.39, 0.29) is 12.0 Å². The van der Waals surface area contributed by atoms with Crippen molar-refractivity contribution in [2.24, 2.45) is 5.92 Å². The summed E-state index contributed by atoms with van der Waals surface area (Å²) in [6.45, 7) is 2.01. The maximum Gasteiger partial charge on any atom is 0.157 e. The van der Waals surface area contributed by atoms with Gasteiger partial charge in [-0.25, -0.2) is 0 Å². The number of hydrogen-bond donors (Lipinski definition) is 0. The summed E-state index contributed by atoms with van der Waals surface area (Å²) >= 11 is 12.4. The molecule has 118 valence electrons. The van der Waals surface area contributed by atoms with Crippen molar-refractivity contribution in [2.45, 2.75) is 18.9 Å². The molecule has 1 atom stereocenters. The molecule has 3 saturated heterocycles. The summed E-state index contributed by atoms with van der Waals surface area (Å²) in [6, 6.07) is 13.5. The van der Waals surface area contributed by atoms with E-state index in [0.29, 0.717) is 15.8 Å². The lowest BCUT2D eigenvalue weighted by atomic mass is 9.78. The van der Waals surface area contributed by atoms with Crippen molar-refractivity contribution in [1.29, 1.82) is 0 Å². The summed E-state index contributed by atoms with van der Waals surface area (Å²) in [6.07, 6.45) is 2.00. The quantitative estimate of drug-likeness (QED) is 0.763. The predicted molar refractivity (Wildman–Crippen MR) is 93.9 cm³/mol. The van der Waals surface area contributed by atoms with Crippen LogP contribution < -0.4 is 0 Å². The molecule has 0 N–H and O–H groups in total. The van der Waals surface area contributed by atoms with E-state index in [1.165, 1.54) is 0 Å². The van der Waals surface area contributed by atoms with Crippen molar-refractivity contribution in [3.8, 4) is 11.1 Å². The first kappa shape index (κ1) is 15.2. The van der Waals surface area contributed by atoms with Gasteiger partial charge in [0.15, 0.2) is 5.78 Å². The Hall–Kier alpha value is -1.35. The van der Waals surface area contributed by atoms with Crippen molar-refractivity contribution < 1.29 is 4.79 Å². The third-order valence-electron chi connectivity index (χ3n) is 5.04. The van der Waals surface area contributed by atoms with Gasteiger partial charge in [0.25, 0.3) is 0 Å². The number of ketones is 1. The number of benzene rings is 2. The number of halogens is 2. The molecule has 1 unspecified atom stereocenters. The molecule has 5 rings (SSSR count). The van der Waals surface area contributed by atoms with Crippen LogP contribution in [0.4, 0.5) is 0 Å². The Morgan fingerprint density at radius 2 is 1.70 bits per heavy atom. The zero-order valence-corrected chi connectivity index (χ0v) is 14.1. The molecule has 2 aromatic rings. The van der Waals surface area contributed by atoms with Crippen molar-refractivity contribution in [3.05, 3.63) is 58.1 Å². The van der Waals surface area contributed by atoms with Crippen LogP contribution in [0.5, 0.6) is 0 Å². The van der Waals surface area contributed by atoms with E-state index >= 15 is 0 Å². The van der Waals surface area contributed by atoms with Crippen LogP contribution in [0.3, 0.4) is 0 Å². The van der Waals surface area contributed by atoms with E-state index in [2.05, 4.69) is 11.0 Å². The van der Waals surface area contributed by atoms with Gasteiger partial charge in [0.1, 0.15) is 0 Å². The van der Waals surface area contributed by atoms with Gasteiger partial charge in [-0.15, -0.1) is 0 Å². The third kappa shape index (κ3) is 2.59. The minimum absolute atomic E-state index is 0.134. The Bertz CT molecular complexity index is 766. The van der Waals surface area contributed by atoms with Gasteiger partial charge < -0.3 is 0 Å². The highest BCUT2D eigenvalue weighted by molar-refractivity contribution is 6.36. The second-order valence-electron chi connectivity index (χ2n) is 6.33. The number of carbonyl (C=O) groups is 1. The molecular weight excluding hydrogens is 329 g/mol. The fourth-order valence-corrected chi connectivity index (χ4v) is 4.39. The fourth-order valence-electron chi connectivity index (χ4n) is 3.88. The molecule has 2 aromatic carbocycles. The molecule has 2 bridgehead atoms. The normalized spacial score (nSPS) is 26.5. The molecular formula is C19H17Cl2NO. The van der Waals surface area contributed by atoms with Gasteiger partial charge in [-0.2, -0.15) is 0 Å². The lowest BCUT2D eigenvalue weighted by molar-refractivity contribution is -0.137. The molecule has 0 aliphatic carbocycles. The average Bonchev–Trinajstić information content (AvgIpc) is 2.56. The molecule has 0 amide bonds. The monoisotopic (exact) mass is 345 g/mol. The first-order chi connectivity index (χ1) is 11.1. The van der Waals surface area contributed by atoms with Crippen LogP contribution in [0.2, 0.25) is 10.0 Å². The summed E-state index contributed by atoms with van der Waals surface area (Å²) < 4.78 is 0. The van der Waals surface area contributed by atoms with Crippen LogP contribution in [0.15, 0.2) is 42.5 Å². The Kier molecular flexibility index (Phi) is 3.92. The number of carbonyl (C=O) groups excluding carboxylic acids is 1. The van der Waals surface area contributed by atoms with Gasteiger partial charge in [-0.05, 0) is 49.2 Å². The van der Waals surface area contributed by atoms with Crippen LogP contribution >= 0.6 is 23.2 Å². The third-order valence-corrected chi connectivity index (χ3v) is 5.59. The van der Waals surface area contributed by atoms with E-state index in [4.69, 9.17) is 23.2 Å². The van der Waals surface area contributed by atoms with E-state index in [0.717, 1.165) is 42.6 Å². The van der Waals surface area contributed by atoms with Crippen molar-refractivity contribution >= 4 is 29.0 Å². The number of piperidine rings is 3. The number of rotatable bonds is 2. The molecule has 0 radical (unpaired) electrons. The number of fused-ring (bicyclic) bond motifs is 3. The minimum Gasteiger partial charge on any atom is -0.297 e. The second-order valence-corrected chi connectivity index (χ2v) is 7.17. The van der Waals surface area contributed by atoms with Crippen LogP contribution in [0.1, 0.15) is 24.4 Å². The van der Waals surface area contributed by atoms with Crippen molar-refractivity contribution in [3.63, 3.8) is 0 Å². The maximum absolute atomic E-state index is 12.8.